The summed E-state index contributed by atoms with van der Waals surface area (Å²) >= 11 is 0. The summed E-state index contributed by atoms with van der Waals surface area (Å²) in [7, 11) is 1.85. The molecule has 2 rings (SSSR count). The van der Waals surface area contributed by atoms with Gasteiger partial charge in [0.25, 0.3) is 0 Å². The number of carbonyl (C=O) groups is 1. The Morgan fingerprint density at radius 2 is 2.12 bits per heavy atom. The monoisotopic (exact) mass is 248 g/mol. The summed E-state index contributed by atoms with van der Waals surface area (Å²) in [5, 5.41) is 12.8. The number of hydrogen-bond acceptors (Lipinski definition) is 3. The number of aliphatic hydroxyl groups is 1. The van der Waals surface area contributed by atoms with Crippen molar-refractivity contribution in [3.8, 4) is 0 Å². The van der Waals surface area contributed by atoms with Crippen LogP contribution in [0.1, 0.15) is 19.3 Å². The van der Waals surface area contributed by atoms with E-state index in [0.717, 1.165) is 38.9 Å². The van der Waals surface area contributed by atoms with Crippen molar-refractivity contribution >= 4 is 18.3 Å². The van der Waals surface area contributed by atoms with Gasteiger partial charge in [-0.3, -0.25) is 4.79 Å². The van der Waals surface area contributed by atoms with E-state index >= 15 is 0 Å². The molecule has 4 nitrogen and oxygen atoms in total. The molecule has 1 amide bonds. The fourth-order valence-electron chi connectivity index (χ4n) is 2.45. The van der Waals surface area contributed by atoms with E-state index in [1.165, 1.54) is 0 Å². The van der Waals surface area contributed by atoms with Gasteiger partial charge in [-0.05, 0) is 12.8 Å². The fraction of sp³-hybridized carbons (Fsp3) is 0.909. The van der Waals surface area contributed by atoms with Crippen LogP contribution in [0.4, 0.5) is 0 Å². The van der Waals surface area contributed by atoms with Gasteiger partial charge in [-0.2, -0.15) is 0 Å². The molecule has 0 bridgehead atoms. The topological polar surface area (TPSA) is 52.6 Å². The number of nitrogens with one attached hydrogen (secondary N) is 1. The normalized spacial score (nSPS) is 29.4. The highest BCUT2D eigenvalue weighted by Gasteiger charge is 2.31. The number of aliphatic hydroxyl groups excluding tert-OH is 1. The van der Waals surface area contributed by atoms with E-state index in [2.05, 4.69) is 5.32 Å². The van der Waals surface area contributed by atoms with Gasteiger partial charge in [0.1, 0.15) is 0 Å². The van der Waals surface area contributed by atoms with E-state index in [1.54, 1.807) is 4.90 Å². The lowest BCUT2D eigenvalue weighted by molar-refractivity contribution is -0.136. The average molecular weight is 249 g/mol. The maximum atomic E-state index is 11.8. The van der Waals surface area contributed by atoms with Crippen molar-refractivity contribution in [1.82, 2.24) is 10.2 Å². The molecule has 16 heavy (non-hydrogen) atoms. The molecule has 2 N–H and O–H groups in total. The van der Waals surface area contributed by atoms with Crippen LogP contribution in [-0.2, 0) is 4.79 Å². The van der Waals surface area contributed by atoms with Crippen LogP contribution in [-0.4, -0.2) is 48.7 Å². The smallest absolute Gasteiger partial charge is 0.228 e. The Labute approximate surface area is 103 Å². The Hall–Kier alpha value is -0.320. The summed E-state index contributed by atoms with van der Waals surface area (Å²) in [5.41, 5.74) is 0. The van der Waals surface area contributed by atoms with Gasteiger partial charge in [0.15, 0.2) is 0 Å². The third-order valence-electron chi connectivity index (χ3n) is 3.63. The SMILES string of the molecule is CN(CC1CCCC1O)C(=O)C1CNC1.Cl. The van der Waals surface area contributed by atoms with Gasteiger partial charge >= 0.3 is 0 Å². The van der Waals surface area contributed by atoms with Crippen molar-refractivity contribution in [2.75, 3.05) is 26.7 Å². The van der Waals surface area contributed by atoms with Gasteiger partial charge in [-0.15, -0.1) is 12.4 Å². The van der Waals surface area contributed by atoms with Gasteiger partial charge in [-0.25, -0.2) is 0 Å². The lowest BCUT2D eigenvalue weighted by Gasteiger charge is -2.32. The van der Waals surface area contributed by atoms with Crippen molar-refractivity contribution in [2.45, 2.75) is 25.4 Å². The summed E-state index contributed by atoms with van der Waals surface area (Å²) in [6.07, 6.45) is 2.86. The second-order valence-electron chi connectivity index (χ2n) is 4.83. The van der Waals surface area contributed by atoms with Crippen molar-refractivity contribution in [1.29, 1.82) is 0 Å². The minimum atomic E-state index is -0.195. The number of rotatable bonds is 3. The first-order valence-electron chi connectivity index (χ1n) is 5.82. The van der Waals surface area contributed by atoms with Gasteiger partial charge in [-0.1, -0.05) is 6.42 Å². The molecule has 2 aliphatic rings. The highest BCUT2D eigenvalue weighted by molar-refractivity contribution is 5.85. The van der Waals surface area contributed by atoms with E-state index in [9.17, 15) is 9.90 Å². The number of carbonyl (C=O) groups excluding carboxylic acids is 1. The molecule has 1 aliphatic heterocycles. The summed E-state index contributed by atoms with van der Waals surface area (Å²) < 4.78 is 0. The van der Waals surface area contributed by atoms with Crippen LogP contribution < -0.4 is 5.32 Å². The van der Waals surface area contributed by atoms with E-state index in [-0.39, 0.29) is 30.3 Å². The Morgan fingerprint density at radius 3 is 2.56 bits per heavy atom. The molecule has 94 valence electrons. The largest absolute Gasteiger partial charge is 0.393 e. The molecule has 0 aromatic carbocycles. The molecular weight excluding hydrogens is 228 g/mol. The molecule has 1 heterocycles. The minimum Gasteiger partial charge on any atom is -0.393 e. The molecule has 0 radical (unpaired) electrons. The Morgan fingerprint density at radius 1 is 1.44 bits per heavy atom. The second-order valence-corrected chi connectivity index (χ2v) is 4.83. The molecule has 2 atom stereocenters. The van der Waals surface area contributed by atoms with Gasteiger partial charge in [0.2, 0.25) is 5.91 Å². The summed E-state index contributed by atoms with van der Waals surface area (Å²) in [6, 6.07) is 0. The first kappa shape index (κ1) is 13.7. The van der Waals surface area contributed by atoms with E-state index in [0.29, 0.717) is 5.92 Å². The standard InChI is InChI=1S/C11H20N2O2.ClH/c1-13(11(15)9-5-12-6-9)7-8-3-2-4-10(8)14;/h8-10,12,14H,2-7H2,1H3;1H. The molecule has 5 heteroatoms. The maximum absolute atomic E-state index is 11.8. The molecule has 0 aromatic heterocycles. The predicted molar refractivity (Wildman–Crippen MR) is 64.6 cm³/mol. The Bertz CT molecular complexity index is 246. The van der Waals surface area contributed by atoms with Crippen molar-refractivity contribution in [3.63, 3.8) is 0 Å². The Kier molecular flexibility index (Phi) is 5.02. The summed E-state index contributed by atoms with van der Waals surface area (Å²) in [4.78, 5) is 13.6. The van der Waals surface area contributed by atoms with Crippen LogP contribution in [0.3, 0.4) is 0 Å². The van der Waals surface area contributed by atoms with Crippen LogP contribution in [0.15, 0.2) is 0 Å². The molecule has 2 unspecified atom stereocenters. The van der Waals surface area contributed by atoms with Gasteiger partial charge in [0.05, 0.1) is 12.0 Å². The van der Waals surface area contributed by atoms with E-state index in [1.807, 2.05) is 7.05 Å². The Balaban J connectivity index is 0.00000128. The lowest BCUT2D eigenvalue weighted by Crippen LogP contribution is -2.52. The average Bonchev–Trinajstić information content (AvgIpc) is 2.49. The van der Waals surface area contributed by atoms with Crippen LogP contribution >= 0.6 is 12.4 Å². The van der Waals surface area contributed by atoms with Crippen molar-refractivity contribution in [3.05, 3.63) is 0 Å². The predicted octanol–water partition coefficient (Wildman–Crippen LogP) is 0.247. The molecule has 1 aliphatic carbocycles. The van der Waals surface area contributed by atoms with Gasteiger partial charge in [0, 0.05) is 32.6 Å². The van der Waals surface area contributed by atoms with E-state index < -0.39 is 0 Å². The van der Waals surface area contributed by atoms with Crippen molar-refractivity contribution < 1.29 is 9.90 Å². The zero-order chi connectivity index (χ0) is 10.8. The molecular formula is C11H21ClN2O2. The zero-order valence-corrected chi connectivity index (χ0v) is 10.5. The third kappa shape index (κ3) is 2.87. The minimum absolute atomic E-state index is 0. The van der Waals surface area contributed by atoms with Crippen LogP contribution in [0.5, 0.6) is 0 Å². The summed E-state index contributed by atoms with van der Waals surface area (Å²) in [5.74, 6) is 0.702. The molecule has 0 aromatic rings. The maximum Gasteiger partial charge on any atom is 0.228 e. The molecule has 1 saturated heterocycles. The van der Waals surface area contributed by atoms with Crippen LogP contribution in [0, 0.1) is 11.8 Å². The second kappa shape index (κ2) is 5.84. The van der Waals surface area contributed by atoms with Crippen molar-refractivity contribution in [2.24, 2.45) is 11.8 Å². The quantitative estimate of drug-likeness (QED) is 0.753. The summed E-state index contributed by atoms with van der Waals surface area (Å²) in [6.45, 7) is 2.35. The highest BCUT2D eigenvalue weighted by atomic mass is 35.5. The molecule has 2 fully saturated rings. The first-order chi connectivity index (χ1) is 7.18. The molecule has 0 spiro atoms. The lowest BCUT2D eigenvalue weighted by atomic mass is 10.00. The van der Waals surface area contributed by atoms with Gasteiger partial charge < -0.3 is 15.3 Å². The van der Waals surface area contributed by atoms with Crippen LogP contribution in [0.25, 0.3) is 0 Å². The first-order valence-corrected chi connectivity index (χ1v) is 5.82. The number of amides is 1. The fourth-order valence-corrected chi connectivity index (χ4v) is 2.45. The van der Waals surface area contributed by atoms with E-state index in [4.69, 9.17) is 0 Å². The number of nitrogens with zero attached hydrogens (tertiary/aromatic N) is 1. The van der Waals surface area contributed by atoms with Crippen LogP contribution in [0.2, 0.25) is 0 Å². The number of hydrogen-bond donors (Lipinski definition) is 2. The highest BCUT2D eigenvalue weighted by Crippen LogP contribution is 2.26. The number of halogens is 1. The third-order valence-corrected chi connectivity index (χ3v) is 3.63. The zero-order valence-electron chi connectivity index (χ0n) is 9.69. The molecule has 1 saturated carbocycles.